The van der Waals surface area contributed by atoms with Gasteiger partial charge in [0.15, 0.2) is 0 Å². The molecule has 1 aliphatic rings. The average molecular weight is 365 g/mol. The molecule has 1 heterocycles. The van der Waals surface area contributed by atoms with Crippen LogP contribution in [0.1, 0.15) is 19.8 Å². The van der Waals surface area contributed by atoms with E-state index in [9.17, 15) is 8.42 Å². The number of hydrogen-bond acceptors (Lipinski definition) is 5. The van der Waals surface area contributed by atoms with Crippen LogP contribution < -0.4 is 15.2 Å². The van der Waals surface area contributed by atoms with Crippen LogP contribution in [0.3, 0.4) is 0 Å². The first kappa shape index (κ1) is 20.0. The molecule has 2 rings (SSSR count). The summed E-state index contributed by atoms with van der Waals surface area (Å²) >= 11 is 0. The van der Waals surface area contributed by atoms with E-state index in [1.807, 2.05) is 6.92 Å². The molecule has 1 aromatic carbocycles. The molecule has 0 spiro atoms. The molecule has 0 amide bonds. The number of halogens is 1. The van der Waals surface area contributed by atoms with Gasteiger partial charge in [0.1, 0.15) is 16.4 Å². The molecule has 0 saturated carbocycles. The largest absolute Gasteiger partial charge is 0.497 e. The van der Waals surface area contributed by atoms with E-state index in [1.165, 1.54) is 24.6 Å². The van der Waals surface area contributed by atoms with E-state index in [4.69, 9.17) is 15.2 Å². The minimum atomic E-state index is -3.68. The SMILES string of the molecule is COc1ccc(OC)c(S(=O)(=O)N2CCCC(C)C2CN)c1.Cl. The highest BCUT2D eigenvalue weighted by atomic mass is 35.5. The molecule has 6 nitrogen and oxygen atoms in total. The van der Waals surface area contributed by atoms with Gasteiger partial charge in [0.05, 0.1) is 14.2 Å². The lowest BCUT2D eigenvalue weighted by Crippen LogP contribution is -2.51. The van der Waals surface area contributed by atoms with Crippen LogP contribution in [0.5, 0.6) is 11.5 Å². The standard InChI is InChI=1S/C15H24N2O4S.ClH/c1-11-5-4-8-17(13(11)10-16)22(18,19)15-9-12(20-2)6-7-14(15)21-3;/h6-7,9,11,13H,4-5,8,10,16H2,1-3H3;1H. The zero-order valence-corrected chi connectivity index (χ0v) is 15.3. The molecule has 0 bridgehead atoms. The van der Waals surface area contributed by atoms with Gasteiger partial charge < -0.3 is 15.2 Å². The van der Waals surface area contributed by atoms with Crippen LogP contribution in [-0.2, 0) is 10.0 Å². The van der Waals surface area contributed by atoms with E-state index in [0.717, 1.165) is 12.8 Å². The smallest absolute Gasteiger partial charge is 0.247 e. The predicted molar refractivity (Wildman–Crippen MR) is 91.9 cm³/mol. The Labute approximate surface area is 144 Å². The van der Waals surface area contributed by atoms with Crippen molar-refractivity contribution in [2.24, 2.45) is 11.7 Å². The lowest BCUT2D eigenvalue weighted by atomic mass is 9.93. The zero-order chi connectivity index (χ0) is 16.3. The molecular formula is C15H25ClN2O4S. The molecule has 1 aliphatic heterocycles. The highest BCUT2D eigenvalue weighted by Crippen LogP contribution is 2.34. The molecule has 2 unspecified atom stereocenters. The molecule has 0 aromatic heterocycles. The zero-order valence-electron chi connectivity index (χ0n) is 13.7. The fourth-order valence-corrected chi connectivity index (χ4v) is 4.91. The van der Waals surface area contributed by atoms with E-state index in [1.54, 1.807) is 12.1 Å². The first-order valence-corrected chi connectivity index (χ1v) is 8.83. The quantitative estimate of drug-likeness (QED) is 0.862. The number of rotatable bonds is 5. The molecule has 1 fully saturated rings. The van der Waals surface area contributed by atoms with E-state index >= 15 is 0 Å². The molecular weight excluding hydrogens is 340 g/mol. The summed E-state index contributed by atoms with van der Waals surface area (Å²) in [5.74, 6) is 1.04. The molecule has 1 aromatic rings. The van der Waals surface area contributed by atoms with Crippen molar-refractivity contribution < 1.29 is 17.9 Å². The van der Waals surface area contributed by atoms with Crippen molar-refractivity contribution in [2.45, 2.75) is 30.7 Å². The van der Waals surface area contributed by atoms with Crippen molar-refractivity contribution in [3.8, 4) is 11.5 Å². The summed E-state index contributed by atoms with van der Waals surface area (Å²) in [6.45, 7) is 2.84. The topological polar surface area (TPSA) is 81.9 Å². The Hall–Kier alpha value is -1.02. The summed E-state index contributed by atoms with van der Waals surface area (Å²) in [6, 6.07) is 4.60. The van der Waals surface area contributed by atoms with Gasteiger partial charge in [0.2, 0.25) is 10.0 Å². The van der Waals surface area contributed by atoms with Crippen LogP contribution in [0, 0.1) is 5.92 Å². The number of benzene rings is 1. The summed E-state index contributed by atoms with van der Waals surface area (Å²) in [5.41, 5.74) is 5.82. The first-order chi connectivity index (χ1) is 10.5. The van der Waals surface area contributed by atoms with Gasteiger partial charge in [-0.25, -0.2) is 8.42 Å². The van der Waals surface area contributed by atoms with Crippen LogP contribution in [0.15, 0.2) is 23.1 Å². The van der Waals surface area contributed by atoms with Crippen molar-refractivity contribution in [1.29, 1.82) is 0 Å². The van der Waals surface area contributed by atoms with Gasteiger partial charge >= 0.3 is 0 Å². The molecule has 2 N–H and O–H groups in total. The number of sulfonamides is 1. The highest BCUT2D eigenvalue weighted by Gasteiger charge is 2.38. The summed E-state index contributed by atoms with van der Waals surface area (Å²) < 4.78 is 38.1. The maximum Gasteiger partial charge on any atom is 0.247 e. The number of nitrogens with two attached hydrogens (primary N) is 1. The van der Waals surface area contributed by atoms with Crippen LogP contribution in [0.25, 0.3) is 0 Å². The summed E-state index contributed by atoms with van der Waals surface area (Å²) in [6.07, 6.45) is 1.83. The van der Waals surface area contributed by atoms with Crippen LogP contribution >= 0.6 is 12.4 Å². The second-order valence-corrected chi connectivity index (χ2v) is 7.41. The number of ether oxygens (including phenoxy) is 2. The average Bonchev–Trinajstić information content (AvgIpc) is 2.53. The van der Waals surface area contributed by atoms with E-state index in [-0.39, 0.29) is 29.3 Å². The second-order valence-electron chi connectivity index (χ2n) is 5.56. The van der Waals surface area contributed by atoms with Gasteiger partial charge in [-0.2, -0.15) is 4.31 Å². The Bertz CT molecular complexity index is 624. The van der Waals surface area contributed by atoms with Gasteiger partial charge in [-0.05, 0) is 30.9 Å². The fourth-order valence-electron chi connectivity index (χ4n) is 2.97. The van der Waals surface area contributed by atoms with Gasteiger partial charge in [-0.15, -0.1) is 12.4 Å². The Balaban J connectivity index is 0.00000264. The van der Waals surface area contributed by atoms with Gasteiger partial charge in [-0.1, -0.05) is 6.92 Å². The predicted octanol–water partition coefficient (Wildman–Crippen LogP) is 1.87. The third kappa shape index (κ3) is 3.91. The molecule has 8 heteroatoms. The molecule has 132 valence electrons. The van der Waals surface area contributed by atoms with Crippen molar-refractivity contribution >= 4 is 22.4 Å². The maximum absolute atomic E-state index is 13.1. The van der Waals surface area contributed by atoms with Crippen molar-refractivity contribution in [1.82, 2.24) is 4.31 Å². The lowest BCUT2D eigenvalue weighted by molar-refractivity contribution is 0.192. The Morgan fingerprint density at radius 1 is 1.30 bits per heavy atom. The van der Waals surface area contributed by atoms with Gasteiger partial charge in [0, 0.05) is 25.2 Å². The van der Waals surface area contributed by atoms with E-state index < -0.39 is 10.0 Å². The fraction of sp³-hybridized carbons (Fsp3) is 0.600. The first-order valence-electron chi connectivity index (χ1n) is 7.39. The van der Waals surface area contributed by atoms with Gasteiger partial charge in [-0.3, -0.25) is 0 Å². The highest BCUT2D eigenvalue weighted by molar-refractivity contribution is 7.89. The summed E-state index contributed by atoms with van der Waals surface area (Å²) in [7, 11) is -0.721. The van der Waals surface area contributed by atoms with Crippen LogP contribution in [0.2, 0.25) is 0 Å². The Morgan fingerprint density at radius 3 is 2.57 bits per heavy atom. The summed E-state index contributed by atoms with van der Waals surface area (Å²) in [5, 5.41) is 0. The maximum atomic E-state index is 13.1. The van der Waals surface area contributed by atoms with Crippen molar-refractivity contribution in [3.63, 3.8) is 0 Å². The Kier molecular flexibility index (Phi) is 7.13. The number of hydrogen-bond donors (Lipinski definition) is 1. The number of methoxy groups -OCH3 is 2. The Morgan fingerprint density at radius 2 is 2.00 bits per heavy atom. The normalized spacial score (nSPS) is 22.3. The van der Waals surface area contributed by atoms with E-state index in [0.29, 0.717) is 24.6 Å². The third-order valence-electron chi connectivity index (χ3n) is 4.26. The van der Waals surface area contributed by atoms with Crippen LogP contribution in [-0.4, -0.2) is 46.1 Å². The molecule has 1 saturated heterocycles. The van der Waals surface area contributed by atoms with Crippen LogP contribution in [0.4, 0.5) is 0 Å². The van der Waals surface area contributed by atoms with Crippen molar-refractivity contribution in [3.05, 3.63) is 18.2 Å². The molecule has 23 heavy (non-hydrogen) atoms. The molecule has 0 radical (unpaired) electrons. The minimum absolute atomic E-state index is 0. The minimum Gasteiger partial charge on any atom is -0.497 e. The lowest BCUT2D eigenvalue weighted by Gasteiger charge is -2.38. The van der Waals surface area contributed by atoms with E-state index in [2.05, 4.69) is 0 Å². The van der Waals surface area contributed by atoms with Crippen molar-refractivity contribution in [2.75, 3.05) is 27.3 Å². The number of nitrogens with zero attached hydrogens (tertiary/aromatic N) is 1. The second kappa shape index (κ2) is 8.19. The monoisotopic (exact) mass is 364 g/mol. The summed E-state index contributed by atoms with van der Waals surface area (Å²) in [4.78, 5) is 0.127. The van der Waals surface area contributed by atoms with Gasteiger partial charge in [0.25, 0.3) is 0 Å². The molecule has 0 aliphatic carbocycles. The third-order valence-corrected chi connectivity index (χ3v) is 6.21. The molecule has 2 atom stereocenters. The number of piperidine rings is 1.